The minimum Gasteiger partial charge on any atom is -0.481 e. The van der Waals surface area contributed by atoms with E-state index in [9.17, 15) is 0 Å². The Hall–Kier alpha value is 0.443. The number of rotatable bonds is 0. The van der Waals surface area contributed by atoms with Gasteiger partial charge in [-0.1, -0.05) is 0 Å². The average molecular weight is 195 g/mol. The molecule has 5 heteroatoms. The molecule has 3 nitrogen and oxygen atoms in total. The quantitative estimate of drug-likeness (QED) is 0.581. The van der Waals surface area contributed by atoms with Crippen molar-refractivity contribution in [3.63, 3.8) is 0 Å². The van der Waals surface area contributed by atoms with Gasteiger partial charge in [0, 0.05) is 40.5 Å². The molecule has 0 aliphatic carbocycles. The van der Waals surface area contributed by atoms with Crippen LogP contribution in [0.5, 0.6) is 0 Å². The summed E-state index contributed by atoms with van der Waals surface area (Å²) in [5.74, 6) is -0.833. The molecule has 0 aromatic rings. The molecule has 7 heavy (non-hydrogen) atoms. The maximum Gasteiger partial charge on any atom is 0.300 e. The van der Waals surface area contributed by atoms with Crippen LogP contribution in [0.3, 0.4) is 0 Å². The van der Waals surface area contributed by atoms with Crippen LogP contribution in [0.1, 0.15) is 6.92 Å². The summed E-state index contributed by atoms with van der Waals surface area (Å²) in [5.41, 5.74) is 0. The van der Waals surface area contributed by atoms with Crippen LogP contribution in [0.25, 0.3) is 0 Å². The SMILES string of the molecule is CC(=O)O.N.[Co].[Co]. The van der Waals surface area contributed by atoms with Crippen LogP contribution >= 0.6 is 0 Å². The van der Waals surface area contributed by atoms with Gasteiger partial charge in [0.05, 0.1) is 0 Å². The van der Waals surface area contributed by atoms with E-state index in [-0.39, 0.29) is 39.7 Å². The Balaban J connectivity index is -0.0000000150. The van der Waals surface area contributed by atoms with Crippen molar-refractivity contribution in [1.82, 2.24) is 6.15 Å². The molecule has 0 rings (SSSR count). The molecule has 0 aromatic carbocycles. The van der Waals surface area contributed by atoms with Crippen molar-refractivity contribution in [2.75, 3.05) is 0 Å². The van der Waals surface area contributed by atoms with Crippen molar-refractivity contribution in [3.8, 4) is 0 Å². The Morgan fingerprint density at radius 3 is 1.43 bits per heavy atom. The Kier molecular flexibility index (Phi) is 60.0. The second-order valence-electron chi connectivity index (χ2n) is 0.519. The van der Waals surface area contributed by atoms with E-state index in [2.05, 4.69) is 0 Å². The van der Waals surface area contributed by atoms with Gasteiger partial charge in [-0.3, -0.25) is 4.79 Å². The third kappa shape index (κ3) is 648. The van der Waals surface area contributed by atoms with Crippen LogP contribution in [0.2, 0.25) is 0 Å². The Morgan fingerprint density at radius 2 is 1.43 bits per heavy atom. The minimum atomic E-state index is -0.833. The molecule has 50 valence electrons. The predicted octanol–water partition coefficient (Wildman–Crippen LogP) is 0.248. The summed E-state index contributed by atoms with van der Waals surface area (Å²) >= 11 is 0. The number of aliphatic carboxylic acids is 1. The minimum absolute atomic E-state index is 0. The van der Waals surface area contributed by atoms with E-state index in [1.165, 1.54) is 0 Å². The number of carboxylic acid groups (broad SMARTS) is 1. The second kappa shape index (κ2) is 16.1. The molecule has 0 fully saturated rings. The van der Waals surface area contributed by atoms with E-state index in [1.54, 1.807) is 0 Å². The molecule has 0 amide bonds. The summed E-state index contributed by atoms with van der Waals surface area (Å²) in [5, 5.41) is 7.42. The zero-order valence-electron chi connectivity index (χ0n) is 3.73. The van der Waals surface area contributed by atoms with Gasteiger partial charge in [-0.05, 0) is 0 Å². The van der Waals surface area contributed by atoms with Gasteiger partial charge >= 0.3 is 0 Å². The van der Waals surface area contributed by atoms with Gasteiger partial charge in [0.25, 0.3) is 5.97 Å². The zero-order chi connectivity index (χ0) is 3.58. The molecule has 0 spiro atoms. The Morgan fingerprint density at radius 1 is 1.43 bits per heavy atom. The molecule has 0 aromatic heterocycles. The Labute approximate surface area is 62.8 Å². The first-order chi connectivity index (χ1) is 1.73. The fourth-order valence-electron chi connectivity index (χ4n) is 0. The first-order valence-electron chi connectivity index (χ1n) is 0.928. The van der Waals surface area contributed by atoms with Crippen molar-refractivity contribution in [2.24, 2.45) is 0 Å². The van der Waals surface area contributed by atoms with Crippen molar-refractivity contribution in [2.45, 2.75) is 6.92 Å². The molecule has 2 radical (unpaired) electrons. The molecule has 4 N–H and O–H groups in total. The maximum atomic E-state index is 9.00. The molecule has 0 aliphatic heterocycles. The number of carboxylic acids is 1. The average Bonchev–Trinajstić information content (AvgIpc) is 0.811. The molecule has 0 atom stereocenters. The van der Waals surface area contributed by atoms with Crippen LogP contribution in [-0.4, -0.2) is 11.1 Å². The fourth-order valence-corrected chi connectivity index (χ4v) is 0. The van der Waals surface area contributed by atoms with Crippen molar-refractivity contribution in [3.05, 3.63) is 0 Å². The smallest absolute Gasteiger partial charge is 0.300 e. The summed E-state index contributed by atoms with van der Waals surface area (Å²) in [4.78, 5) is 9.00. The zero-order valence-corrected chi connectivity index (χ0v) is 5.81. The van der Waals surface area contributed by atoms with Crippen molar-refractivity contribution < 1.29 is 43.5 Å². The molecule has 0 saturated heterocycles. The number of hydrogen-bond acceptors (Lipinski definition) is 2. The van der Waals surface area contributed by atoms with Crippen LogP contribution in [0.15, 0.2) is 0 Å². The van der Waals surface area contributed by atoms with Gasteiger partial charge in [-0.25, -0.2) is 0 Å². The van der Waals surface area contributed by atoms with Gasteiger partial charge in [0.15, 0.2) is 0 Å². The molecule has 0 aliphatic rings. The van der Waals surface area contributed by atoms with Crippen LogP contribution in [-0.2, 0) is 38.4 Å². The van der Waals surface area contributed by atoms with E-state index in [1.807, 2.05) is 0 Å². The largest absolute Gasteiger partial charge is 0.481 e. The van der Waals surface area contributed by atoms with Crippen molar-refractivity contribution in [1.29, 1.82) is 0 Å². The van der Waals surface area contributed by atoms with Crippen LogP contribution < -0.4 is 6.15 Å². The molecule has 0 unspecified atom stereocenters. The normalized spacial score (nSPS) is 3.57. The standard InChI is InChI=1S/C2H4O2.2Co.H3N/c1-2(3)4;;;/h1H3,(H,3,4);;;1H3. The van der Waals surface area contributed by atoms with Crippen molar-refractivity contribution >= 4 is 5.97 Å². The first-order valence-corrected chi connectivity index (χ1v) is 0.928. The number of carbonyl (C=O) groups is 1. The second-order valence-corrected chi connectivity index (χ2v) is 0.519. The predicted molar refractivity (Wildman–Crippen MR) is 18.3 cm³/mol. The van der Waals surface area contributed by atoms with E-state index in [4.69, 9.17) is 9.90 Å². The summed E-state index contributed by atoms with van der Waals surface area (Å²) in [6, 6.07) is 0. The van der Waals surface area contributed by atoms with E-state index >= 15 is 0 Å². The fraction of sp³-hybridized carbons (Fsp3) is 0.500. The van der Waals surface area contributed by atoms with E-state index < -0.39 is 5.97 Å². The third-order valence-electron chi connectivity index (χ3n) is 0. The van der Waals surface area contributed by atoms with Gasteiger partial charge in [0.1, 0.15) is 0 Å². The number of hydrogen-bond donors (Lipinski definition) is 2. The van der Waals surface area contributed by atoms with Crippen LogP contribution in [0.4, 0.5) is 0 Å². The Bertz CT molecular complexity index is 36.7. The summed E-state index contributed by atoms with van der Waals surface area (Å²) in [6.45, 7) is 1.08. The molecule has 0 heterocycles. The summed E-state index contributed by atoms with van der Waals surface area (Å²) in [7, 11) is 0. The third-order valence-corrected chi connectivity index (χ3v) is 0. The topological polar surface area (TPSA) is 72.3 Å². The summed E-state index contributed by atoms with van der Waals surface area (Å²) in [6.07, 6.45) is 0. The molecular formula is C2H7Co2NO2. The van der Waals surface area contributed by atoms with Gasteiger partial charge in [-0.15, -0.1) is 0 Å². The van der Waals surface area contributed by atoms with E-state index in [0.717, 1.165) is 6.92 Å². The van der Waals surface area contributed by atoms with E-state index in [0.29, 0.717) is 0 Å². The summed E-state index contributed by atoms with van der Waals surface area (Å²) < 4.78 is 0. The van der Waals surface area contributed by atoms with Gasteiger partial charge in [-0.2, -0.15) is 0 Å². The maximum absolute atomic E-state index is 9.00. The van der Waals surface area contributed by atoms with Gasteiger partial charge in [0.2, 0.25) is 0 Å². The first kappa shape index (κ1) is 26.1. The van der Waals surface area contributed by atoms with Crippen LogP contribution in [0, 0.1) is 0 Å². The van der Waals surface area contributed by atoms with Gasteiger partial charge < -0.3 is 11.3 Å². The molecule has 0 bridgehead atoms. The molecule has 0 saturated carbocycles. The molecular weight excluding hydrogens is 188 g/mol. The monoisotopic (exact) mass is 195 g/mol.